The number of nitro groups is 2. The van der Waals surface area contributed by atoms with Crippen LogP contribution < -0.4 is 15.6 Å². The highest BCUT2D eigenvalue weighted by Gasteiger charge is 2.25. The van der Waals surface area contributed by atoms with Crippen LogP contribution in [0.5, 0.6) is 11.6 Å². The molecule has 0 bridgehead atoms. The highest BCUT2D eigenvalue weighted by Crippen LogP contribution is 2.33. The predicted molar refractivity (Wildman–Crippen MR) is 95.5 cm³/mol. The molecular formula is C16H12N6O5. The number of benzene rings is 2. The molecule has 2 aromatic carbocycles. The lowest BCUT2D eigenvalue weighted by Crippen LogP contribution is -2.12. The molecule has 0 saturated carbocycles. The van der Waals surface area contributed by atoms with E-state index in [1.54, 1.807) is 30.3 Å². The van der Waals surface area contributed by atoms with Gasteiger partial charge in [-0.3, -0.25) is 31.1 Å². The quantitative estimate of drug-likeness (QED) is 0.472. The first-order valence-corrected chi connectivity index (χ1v) is 7.53. The zero-order valence-electron chi connectivity index (χ0n) is 13.6. The van der Waals surface area contributed by atoms with Crippen LogP contribution in [0.3, 0.4) is 0 Å². The van der Waals surface area contributed by atoms with Crippen LogP contribution in [0.15, 0.2) is 60.9 Å². The van der Waals surface area contributed by atoms with E-state index < -0.39 is 15.5 Å². The lowest BCUT2D eigenvalue weighted by atomic mass is 10.3. The number of nitro benzene ring substituents is 1. The Morgan fingerprint density at radius 3 is 2.19 bits per heavy atom. The van der Waals surface area contributed by atoms with E-state index in [1.165, 1.54) is 24.3 Å². The van der Waals surface area contributed by atoms with Gasteiger partial charge in [-0.25, -0.2) is 4.98 Å². The molecule has 0 radical (unpaired) electrons. The van der Waals surface area contributed by atoms with Crippen molar-refractivity contribution in [1.29, 1.82) is 0 Å². The van der Waals surface area contributed by atoms with Gasteiger partial charge in [-0.15, -0.1) is 0 Å². The standard InChI is InChI=1S/C16H12N6O5/c23-21(24)12-8-6-11(7-9-12)19-20-15-14(22(25)26)16(18-10-17-15)27-13-4-2-1-3-5-13/h1-10,19H,(H,17,18,20). The van der Waals surface area contributed by atoms with Gasteiger partial charge >= 0.3 is 11.6 Å². The van der Waals surface area contributed by atoms with Crippen molar-refractivity contribution in [2.24, 2.45) is 0 Å². The number of hydrazine groups is 1. The van der Waals surface area contributed by atoms with Crippen LogP contribution in [0.4, 0.5) is 22.9 Å². The summed E-state index contributed by atoms with van der Waals surface area (Å²) in [6.07, 6.45) is 1.12. The zero-order chi connectivity index (χ0) is 19.2. The summed E-state index contributed by atoms with van der Waals surface area (Å²) in [5.41, 5.74) is 5.19. The monoisotopic (exact) mass is 368 g/mol. The Labute approximate surface area is 151 Å². The second-order valence-corrected chi connectivity index (χ2v) is 5.10. The summed E-state index contributed by atoms with van der Waals surface area (Å²) in [5.74, 6) is 0.0297. The van der Waals surface area contributed by atoms with E-state index in [0.29, 0.717) is 11.4 Å². The number of nitrogens with zero attached hydrogens (tertiary/aromatic N) is 4. The van der Waals surface area contributed by atoms with Crippen LogP contribution in [-0.4, -0.2) is 19.8 Å². The fraction of sp³-hybridized carbons (Fsp3) is 0. The minimum Gasteiger partial charge on any atom is -0.434 e. The lowest BCUT2D eigenvalue weighted by Gasteiger charge is -2.11. The molecule has 0 spiro atoms. The molecule has 11 heteroatoms. The van der Waals surface area contributed by atoms with Crippen molar-refractivity contribution >= 4 is 22.9 Å². The first kappa shape index (κ1) is 17.5. The maximum Gasteiger partial charge on any atom is 0.374 e. The summed E-state index contributed by atoms with van der Waals surface area (Å²) in [4.78, 5) is 28.6. The normalized spacial score (nSPS) is 10.1. The maximum atomic E-state index is 11.5. The molecule has 1 heterocycles. The first-order valence-electron chi connectivity index (χ1n) is 7.53. The van der Waals surface area contributed by atoms with Crippen LogP contribution in [0.1, 0.15) is 0 Å². The molecule has 2 N–H and O–H groups in total. The summed E-state index contributed by atoms with van der Waals surface area (Å²) in [6, 6.07) is 14.0. The van der Waals surface area contributed by atoms with E-state index in [9.17, 15) is 20.2 Å². The fourth-order valence-corrected chi connectivity index (χ4v) is 2.09. The van der Waals surface area contributed by atoms with Gasteiger partial charge < -0.3 is 4.74 Å². The number of aromatic nitrogens is 2. The molecule has 0 fully saturated rings. The Morgan fingerprint density at radius 2 is 1.56 bits per heavy atom. The van der Waals surface area contributed by atoms with Crippen LogP contribution in [-0.2, 0) is 0 Å². The largest absolute Gasteiger partial charge is 0.434 e. The minimum atomic E-state index is -0.669. The Kier molecular flexibility index (Phi) is 5.03. The van der Waals surface area contributed by atoms with Crippen LogP contribution in [0.2, 0.25) is 0 Å². The molecular weight excluding hydrogens is 356 g/mol. The predicted octanol–water partition coefficient (Wildman–Crippen LogP) is 3.52. The molecule has 0 aliphatic rings. The van der Waals surface area contributed by atoms with Gasteiger partial charge in [-0.05, 0) is 24.3 Å². The summed E-state index contributed by atoms with van der Waals surface area (Å²) in [5, 5.41) is 22.1. The number of para-hydroxylation sites is 1. The van der Waals surface area contributed by atoms with E-state index >= 15 is 0 Å². The third kappa shape index (κ3) is 4.22. The Bertz CT molecular complexity index is 965. The summed E-state index contributed by atoms with van der Waals surface area (Å²) < 4.78 is 5.47. The fourth-order valence-electron chi connectivity index (χ4n) is 2.09. The lowest BCUT2D eigenvalue weighted by molar-refractivity contribution is -0.385. The van der Waals surface area contributed by atoms with Gasteiger partial charge in [0, 0.05) is 12.1 Å². The molecule has 0 atom stereocenters. The van der Waals surface area contributed by atoms with E-state index in [2.05, 4.69) is 20.8 Å². The molecule has 0 saturated heterocycles. The SMILES string of the molecule is O=[N+]([O-])c1ccc(NNc2ncnc(Oc3ccccc3)c2[N+](=O)[O-])cc1. The molecule has 3 aromatic rings. The van der Waals surface area contributed by atoms with Gasteiger partial charge in [0.15, 0.2) is 0 Å². The van der Waals surface area contributed by atoms with Crippen molar-refractivity contribution in [3.8, 4) is 11.6 Å². The average Bonchev–Trinajstić information content (AvgIpc) is 2.67. The average molecular weight is 368 g/mol. The molecule has 0 aliphatic carbocycles. The van der Waals surface area contributed by atoms with Gasteiger partial charge in [-0.2, -0.15) is 4.98 Å². The Balaban J connectivity index is 1.81. The summed E-state index contributed by atoms with van der Waals surface area (Å²) in [6.45, 7) is 0. The molecule has 0 unspecified atom stereocenters. The molecule has 0 amide bonds. The molecule has 1 aromatic heterocycles. The van der Waals surface area contributed by atoms with E-state index in [0.717, 1.165) is 6.33 Å². The highest BCUT2D eigenvalue weighted by atomic mass is 16.6. The third-order valence-electron chi connectivity index (χ3n) is 3.33. The van der Waals surface area contributed by atoms with Crippen LogP contribution >= 0.6 is 0 Å². The molecule has 27 heavy (non-hydrogen) atoms. The number of ether oxygens (including phenoxy) is 1. The van der Waals surface area contributed by atoms with Gasteiger partial charge in [-0.1, -0.05) is 18.2 Å². The highest BCUT2D eigenvalue weighted by molar-refractivity contribution is 5.64. The van der Waals surface area contributed by atoms with Gasteiger partial charge in [0.05, 0.1) is 15.5 Å². The second kappa shape index (κ2) is 7.74. The zero-order valence-corrected chi connectivity index (χ0v) is 13.6. The molecule has 3 rings (SSSR count). The number of rotatable bonds is 7. The maximum absolute atomic E-state index is 11.5. The van der Waals surface area contributed by atoms with E-state index in [1.807, 2.05) is 0 Å². The van der Waals surface area contributed by atoms with Crippen molar-refractivity contribution in [2.75, 3.05) is 10.9 Å². The number of non-ortho nitro benzene ring substituents is 1. The van der Waals surface area contributed by atoms with E-state index in [-0.39, 0.29) is 17.4 Å². The smallest absolute Gasteiger partial charge is 0.374 e. The Hall–Kier alpha value is -4.28. The van der Waals surface area contributed by atoms with Crippen molar-refractivity contribution in [3.63, 3.8) is 0 Å². The van der Waals surface area contributed by atoms with Gasteiger partial charge in [0.2, 0.25) is 5.82 Å². The molecule has 0 aliphatic heterocycles. The first-order chi connectivity index (χ1) is 13.0. The van der Waals surface area contributed by atoms with Crippen molar-refractivity contribution in [1.82, 2.24) is 9.97 Å². The van der Waals surface area contributed by atoms with Crippen molar-refractivity contribution < 1.29 is 14.6 Å². The number of nitrogens with one attached hydrogen (secondary N) is 2. The molecule has 11 nitrogen and oxygen atoms in total. The van der Waals surface area contributed by atoms with Gasteiger partial charge in [0.25, 0.3) is 5.69 Å². The second-order valence-electron chi connectivity index (χ2n) is 5.10. The minimum absolute atomic E-state index is 0.0767. The Morgan fingerprint density at radius 1 is 0.852 bits per heavy atom. The van der Waals surface area contributed by atoms with Crippen molar-refractivity contribution in [3.05, 3.63) is 81.2 Å². The van der Waals surface area contributed by atoms with Crippen LogP contribution in [0, 0.1) is 20.2 Å². The van der Waals surface area contributed by atoms with Crippen molar-refractivity contribution in [2.45, 2.75) is 0 Å². The van der Waals surface area contributed by atoms with Gasteiger partial charge in [0.1, 0.15) is 12.1 Å². The van der Waals surface area contributed by atoms with Crippen LogP contribution in [0.25, 0.3) is 0 Å². The van der Waals surface area contributed by atoms with E-state index in [4.69, 9.17) is 4.74 Å². The number of anilines is 2. The molecule has 136 valence electrons. The summed E-state index contributed by atoms with van der Waals surface area (Å²) >= 11 is 0. The third-order valence-corrected chi connectivity index (χ3v) is 3.33. The number of hydrogen-bond donors (Lipinski definition) is 2. The number of hydrogen-bond acceptors (Lipinski definition) is 9. The summed E-state index contributed by atoms with van der Waals surface area (Å²) in [7, 11) is 0. The topological polar surface area (TPSA) is 145 Å².